The number of hydrogen-bond acceptors (Lipinski definition) is 4. The third-order valence-corrected chi connectivity index (χ3v) is 1.95. The average molecular weight is 240 g/mol. The minimum absolute atomic E-state index is 0.289. The second-order valence-corrected chi connectivity index (χ2v) is 3.27. The first-order valence-electron chi connectivity index (χ1n) is 3.61. The Bertz CT molecular complexity index is 427. The molecule has 0 fully saturated rings. The molecule has 0 radical (unpaired) electrons. The molecule has 66 valence electrons. The minimum atomic E-state index is 0.289. The summed E-state index contributed by atoms with van der Waals surface area (Å²) in [6, 6.07) is 7.18. The molecule has 2 rings (SSSR count). The molecule has 5 heteroatoms. The van der Waals surface area contributed by atoms with Gasteiger partial charge in [0.1, 0.15) is 10.3 Å². The highest BCUT2D eigenvalue weighted by atomic mass is 79.9. The molecule has 0 saturated carbocycles. The van der Waals surface area contributed by atoms with Gasteiger partial charge in [0.25, 0.3) is 0 Å². The summed E-state index contributed by atoms with van der Waals surface area (Å²) in [5.74, 6) is 0.289. The van der Waals surface area contributed by atoms with E-state index in [4.69, 9.17) is 10.3 Å². The van der Waals surface area contributed by atoms with Crippen molar-refractivity contribution in [2.24, 2.45) is 0 Å². The predicted molar refractivity (Wildman–Crippen MR) is 51.8 cm³/mol. The zero-order valence-corrected chi connectivity index (χ0v) is 8.15. The van der Waals surface area contributed by atoms with Crippen LogP contribution < -0.4 is 5.73 Å². The third-order valence-electron chi connectivity index (χ3n) is 1.51. The van der Waals surface area contributed by atoms with Crippen molar-refractivity contribution >= 4 is 21.8 Å². The smallest absolute Gasteiger partial charge is 0.222 e. The topological polar surface area (TPSA) is 64.9 Å². The Morgan fingerprint density at radius 1 is 1.31 bits per heavy atom. The van der Waals surface area contributed by atoms with E-state index < -0.39 is 0 Å². The predicted octanol–water partition coefficient (Wildman–Crippen LogP) is 2.08. The SMILES string of the molecule is Nc1cc(-c2cccc(Br)n2)no1. The van der Waals surface area contributed by atoms with Crippen molar-refractivity contribution in [3.8, 4) is 11.4 Å². The largest absolute Gasteiger partial charge is 0.368 e. The maximum absolute atomic E-state index is 5.39. The van der Waals surface area contributed by atoms with Crippen LogP contribution in [0.1, 0.15) is 0 Å². The minimum Gasteiger partial charge on any atom is -0.368 e. The molecule has 0 amide bonds. The number of pyridine rings is 1. The first kappa shape index (κ1) is 8.25. The van der Waals surface area contributed by atoms with Crippen molar-refractivity contribution in [2.45, 2.75) is 0 Å². The summed E-state index contributed by atoms with van der Waals surface area (Å²) in [4.78, 5) is 4.20. The van der Waals surface area contributed by atoms with Crippen LogP contribution >= 0.6 is 15.9 Å². The molecule has 0 aliphatic rings. The fourth-order valence-corrected chi connectivity index (χ4v) is 1.30. The van der Waals surface area contributed by atoms with E-state index in [1.54, 1.807) is 6.07 Å². The Hall–Kier alpha value is -1.36. The quantitative estimate of drug-likeness (QED) is 0.775. The number of rotatable bonds is 1. The Morgan fingerprint density at radius 2 is 2.15 bits per heavy atom. The molecule has 2 aromatic rings. The highest BCUT2D eigenvalue weighted by Crippen LogP contribution is 2.19. The standard InChI is InChI=1S/C8H6BrN3O/c9-7-3-1-2-5(11-7)6-4-8(10)13-12-6/h1-4H,10H2. The number of nitrogens with two attached hydrogens (primary N) is 1. The van der Waals surface area contributed by atoms with Crippen molar-refractivity contribution in [1.29, 1.82) is 0 Å². The van der Waals surface area contributed by atoms with Gasteiger partial charge in [0.15, 0.2) is 0 Å². The fraction of sp³-hybridized carbons (Fsp3) is 0. The number of aromatic nitrogens is 2. The molecule has 2 heterocycles. The molecule has 0 spiro atoms. The number of halogens is 1. The van der Waals surface area contributed by atoms with Crippen LogP contribution in [0.3, 0.4) is 0 Å². The van der Waals surface area contributed by atoms with Gasteiger partial charge in [-0.1, -0.05) is 11.2 Å². The van der Waals surface area contributed by atoms with Gasteiger partial charge in [0.2, 0.25) is 5.88 Å². The Morgan fingerprint density at radius 3 is 2.77 bits per heavy atom. The van der Waals surface area contributed by atoms with Gasteiger partial charge in [-0.2, -0.15) is 0 Å². The number of anilines is 1. The maximum Gasteiger partial charge on any atom is 0.222 e. The Kier molecular flexibility index (Phi) is 2.02. The highest BCUT2D eigenvalue weighted by Gasteiger charge is 2.04. The summed E-state index contributed by atoms with van der Waals surface area (Å²) in [7, 11) is 0. The summed E-state index contributed by atoms with van der Waals surface area (Å²) in [5, 5.41) is 3.74. The summed E-state index contributed by atoms with van der Waals surface area (Å²) < 4.78 is 5.49. The monoisotopic (exact) mass is 239 g/mol. The zero-order valence-electron chi connectivity index (χ0n) is 6.57. The Balaban J connectivity index is 2.46. The van der Waals surface area contributed by atoms with Gasteiger partial charge in [-0.25, -0.2) is 4.98 Å². The van der Waals surface area contributed by atoms with Crippen molar-refractivity contribution < 1.29 is 4.52 Å². The van der Waals surface area contributed by atoms with Gasteiger partial charge in [-0.15, -0.1) is 0 Å². The van der Waals surface area contributed by atoms with Crippen LogP contribution in [0, 0.1) is 0 Å². The first-order chi connectivity index (χ1) is 6.25. The molecule has 4 nitrogen and oxygen atoms in total. The van der Waals surface area contributed by atoms with Gasteiger partial charge in [-0.05, 0) is 28.1 Å². The molecule has 0 aliphatic heterocycles. The van der Waals surface area contributed by atoms with Gasteiger partial charge in [-0.3, -0.25) is 0 Å². The molecular weight excluding hydrogens is 234 g/mol. The van der Waals surface area contributed by atoms with Crippen molar-refractivity contribution in [1.82, 2.24) is 10.1 Å². The summed E-state index contributed by atoms with van der Waals surface area (Å²) >= 11 is 3.27. The van der Waals surface area contributed by atoms with Crippen LogP contribution in [0.25, 0.3) is 11.4 Å². The molecule has 0 bridgehead atoms. The lowest BCUT2D eigenvalue weighted by Gasteiger charge is -1.93. The van der Waals surface area contributed by atoms with Gasteiger partial charge >= 0.3 is 0 Å². The van der Waals surface area contributed by atoms with Crippen molar-refractivity contribution in [2.75, 3.05) is 5.73 Å². The van der Waals surface area contributed by atoms with E-state index in [1.807, 2.05) is 18.2 Å². The fourth-order valence-electron chi connectivity index (χ4n) is 0.961. The average Bonchev–Trinajstić information content (AvgIpc) is 2.52. The molecule has 2 N–H and O–H groups in total. The van der Waals surface area contributed by atoms with E-state index in [-0.39, 0.29) is 5.88 Å². The van der Waals surface area contributed by atoms with Gasteiger partial charge in [0, 0.05) is 6.07 Å². The number of nitrogens with zero attached hydrogens (tertiary/aromatic N) is 2. The molecule has 13 heavy (non-hydrogen) atoms. The normalized spacial score (nSPS) is 10.2. The molecule has 2 aromatic heterocycles. The summed E-state index contributed by atoms with van der Waals surface area (Å²) in [6.07, 6.45) is 0. The van der Waals surface area contributed by atoms with Crippen molar-refractivity contribution in [3.05, 3.63) is 28.9 Å². The second kappa shape index (κ2) is 3.18. The van der Waals surface area contributed by atoms with Crippen LogP contribution in [-0.2, 0) is 0 Å². The summed E-state index contributed by atoms with van der Waals surface area (Å²) in [5.41, 5.74) is 6.75. The van der Waals surface area contributed by atoms with Crippen LogP contribution in [0.2, 0.25) is 0 Å². The highest BCUT2D eigenvalue weighted by molar-refractivity contribution is 9.10. The molecule has 0 atom stereocenters. The van der Waals surface area contributed by atoms with E-state index in [1.165, 1.54) is 0 Å². The van der Waals surface area contributed by atoms with Crippen molar-refractivity contribution in [3.63, 3.8) is 0 Å². The number of hydrogen-bond donors (Lipinski definition) is 1. The third kappa shape index (κ3) is 1.70. The zero-order chi connectivity index (χ0) is 9.26. The van der Waals surface area contributed by atoms with E-state index in [0.717, 1.165) is 10.3 Å². The number of nitrogen functional groups attached to an aromatic ring is 1. The maximum atomic E-state index is 5.39. The lowest BCUT2D eigenvalue weighted by molar-refractivity contribution is 0.439. The lowest BCUT2D eigenvalue weighted by Crippen LogP contribution is -1.82. The van der Waals surface area contributed by atoms with E-state index in [9.17, 15) is 0 Å². The second-order valence-electron chi connectivity index (χ2n) is 2.46. The lowest BCUT2D eigenvalue weighted by atomic mass is 10.3. The van der Waals surface area contributed by atoms with Gasteiger partial charge < -0.3 is 10.3 Å². The summed E-state index contributed by atoms with van der Waals surface area (Å²) in [6.45, 7) is 0. The van der Waals surface area contributed by atoms with E-state index in [2.05, 4.69) is 26.1 Å². The van der Waals surface area contributed by atoms with E-state index in [0.29, 0.717) is 5.69 Å². The first-order valence-corrected chi connectivity index (χ1v) is 4.40. The van der Waals surface area contributed by atoms with Crippen LogP contribution in [0.15, 0.2) is 33.4 Å². The molecule has 0 aliphatic carbocycles. The molecular formula is C8H6BrN3O. The van der Waals surface area contributed by atoms with Crippen LogP contribution in [-0.4, -0.2) is 10.1 Å². The van der Waals surface area contributed by atoms with Crippen LogP contribution in [0.4, 0.5) is 5.88 Å². The molecule has 0 aromatic carbocycles. The van der Waals surface area contributed by atoms with Crippen LogP contribution in [0.5, 0.6) is 0 Å². The molecule has 0 unspecified atom stereocenters. The van der Waals surface area contributed by atoms with E-state index >= 15 is 0 Å². The Labute approximate surface area is 82.9 Å². The van der Waals surface area contributed by atoms with Gasteiger partial charge in [0.05, 0.1) is 5.69 Å². The molecule has 0 saturated heterocycles.